The largest absolute Gasteiger partial charge is 0.294 e. The van der Waals surface area contributed by atoms with Crippen LogP contribution in [0.3, 0.4) is 0 Å². The molecule has 0 atom stereocenters. The number of ketones is 1. The summed E-state index contributed by atoms with van der Waals surface area (Å²) < 4.78 is 0. The smallest absolute Gasteiger partial charge is 0.164 e. The minimum atomic E-state index is 0.0721. The zero-order valence-corrected chi connectivity index (χ0v) is 8.29. The van der Waals surface area contributed by atoms with Crippen LogP contribution in [0.1, 0.15) is 23.7 Å². The molecule has 5 nitrogen and oxygen atoms in total. The first kappa shape index (κ1) is 9.51. The van der Waals surface area contributed by atoms with Crippen molar-refractivity contribution >= 4 is 5.78 Å². The second-order valence-electron chi connectivity index (χ2n) is 3.02. The number of tetrazole rings is 1. The van der Waals surface area contributed by atoms with Gasteiger partial charge in [0.15, 0.2) is 12.1 Å². The van der Waals surface area contributed by atoms with Gasteiger partial charge in [0, 0.05) is 12.0 Å². The number of Topliss-reactive ketones (excluding diaryl/α,β-unsaturated/α-hetero) is 1. The lowest BCUT2D eigenvalue weighted by atomic mass is 10.1. The standard InChI is InChI=1S/C10H10N4O/c1-2-10(15)8-5-3-4-6-9(8)14-12-7-11-13-14/h3-7H,2H2,1H3. The highest BCUT2D eigenvalue weighted by atomic mass is 16.1. The molecule has 0 N–H and O–H groups in total. The normalized spacial score (nSPS) is 10.2. The molecule has 1 aromatic carbocycles. The zero-order valence-electron chi connectivity index (χ0n) is 8.29. The van der Waals surface area contributed by atoms with Crippen molar-refractivity contribution in [1.29, 1.82) is 0 Å². The number of benzene rings is 1. The van der Waals surface area contributed by atoms with E-state index in [-0.39, 0.29) is 5.78 Å². The summed E-state index contributed by atoms with van der Waals surface area (Å²) in [5, 5.41) is 11.3. The Kier molecular flexibility index (Phi) is 2.53. The molecule has 76 valence electrons. The van der Waals surface area contributed by atoms with Gasteiger partial charge in [0.1, 0.15) is 0 Å². The van der Waals surface area contributed by atoms with Crippen molar-refractivity contribution in [1.82, 2.24) is 20.2 Å². The van der Waals surface area contributed by atoms with Crippen molar-refractivity contribution in [3.8, 4) is 5.69 Å². The Bertz CT molecular complexity index is 464. The van der Waals surface area contributed by atoms with Gasteiger partial charge < -0.3 is 0 Å². The molecular formula is C10H10N4O. The molecule has 0 amide bonds. The lowest BCUT2D eigenvalue weighted by Crippen LogP contribution is -2.07. The summed E-state index contributed by atoms with van der Waals surface area (Å²) >= 11 is 0. The topological polar surface area (TPSA) is 60.7 Å². The van der Waals surface area contributed by atoms with Gasteiger partial charge in [0.05, 0.1) is 5.69 Å². The predicted molar refractivity (Wildman–Crippen MR) is 53.8 cm³/mol. The fraction of sp³-hybridized carbons (Fsp3) is 0.200. The van der Waals surface area contributed by atoms with E-state index in [1.54, 1.807) is 12.1 Å². The van der Waals surface area contributed by atoms with Gasteiger partial charge in [-0.1, -0.05) is 19.1 Å². The summed E-state index contributed by atoms with van der Waals surface area (Å²) in [5.74, 6) is 0.0721. The lowest BCUT2D eigenvalue weighted by Gasteiger charge is -2.04. The molecule has 0 aliphatic carbocycles. The number of carbonyl (C=O) groups is 1. The molecule has 2 aromatic rings. The van der Waals surface area contributed by atoms with Crippen LogP contribution in [0.25, 0.3) is 5.69 Å². The molecule has 1 heterocycles. The van der Waals surface area contributed by atoms with Crippen molar-refractivity contribution in [2.45, 2.75) is 13.3 Å². The van der Waals surface area contributed by atoms with Crippen LogP contribution in [0.4, 0.5) is 0 Å². The van der Waals surface area contributed by atoms with Crippen LogP contribution in [0.5, 0.6) is 0 Å². The Balaban J connectivity index is 2.52. The summed E-state index contributed by atoms with van der Waals surface area (Å²) in [4.78, 5) is 13.0. The number of hydrogen-bond acceptors (Lipinski definition) is 4. The molecule has 5 heteroatoms. The van der Waals surface area contributed by atoms with E-state index in [9.17, 15) is 4.79 Å². The van der Waals surface area contributed by atoms with E-state index < -0.39 is 0 Å². The lowest BCUT2D eigenvalue weighted by molar-refractivity contribution is 0.0988. The summed E-state index contributed by atoms with van der Waals surface area (Å²) in [7, 11) is 0. The fourth-order valence-corrected chi connectivity index (χ4v) is 1.35. The number of hydrogen-bond donors (Lipinski definition) is 0. The SMILES string of the molecule is CCC(=O)c1ccccc1-n1ncnn1. The van der Waals surface area contributed by atoms with Gasteiger partial charge in [-0.05, 0) is 17.3 Å². The third-order valence-corrected chi connectivity index (χ3v) is 2.09. The number of para-hydroxylation sites is 1. The minimum Gasteiger partial charge on any atom is -0.294 e. The van der Waals surface area contributed by atoms with Crippen molar-refractivity contribution in [2.24, 2.45) is 0 Å². The first-order valence-corrected chi connectivity index (χ1v) is 4.68. The monoisotopic (exact) mass is 202 g/mol. The maximum atomic E-state index is 11.6. The van der Waals surface area contributed by atoms with Crippen LogP contribution in [-0.2, 0) is 0 Å². The zero-order chi connectivity index (χ0) is 10.7. The second kappa shape index (κ2) is 4.00. The highest BCUT2D eigenvalue weighted by Gasteiger charge is 2.11. The molecular weight excluding hydrogens is 192 g/mol. The molecule has 0 bridgehead atoms. The maximum absolute atomic E-state index is 11.6. The molecule has 15 heavy (non-hydrogen) atoms. The van der Waals surface area contributed by atoms with Gasteiger partial charge >= 0.3 is 0 Å². The van der Waals surface area contributed by atoms with Gasteiger partial charge in [-0.2, -0.15) is 0 Å². The molecule has 2 rings (SSSR count). The third kappa shape index (κ3) is 1.76. The molecule has 0 aliphatic heterocycles. The van der Waals surface area contributed by atoms with Crippen LogP contribution < -0.4 is 0 Å². The van der Waals surface area contributed by atoms with E-state index in [4.69, 9.17) is 0 Å². The van der Waals surface area contributed by atoms with E-state index >= 15 is 0 Å². The molecule has 0 saturated carbocycles. The molecule has 0 fully saturated rings. The Morgan fingerprint density at radius 1 is 1.40 bits per heavy atom. The fourth-order valence-electron chi connectivity index (χ4n) is 1.35. The molecule has 0 unspecified atom stereocenters. The van der Waals surface area contributed by atoms with Gasteiger partial charge in [0.25, 0.3) is 0 Å². The van der Waals surface area contributed by atoms with Crippen LogP contribution in [0, 0.1) is 0 Å². The average Bonchev–Trinajstić information content (AvgIpc) is 2.81. The molecule has 0 aliphatic rings. The quantitative estimate of drug-likeness (QED) is 0.703. The first-order valence-electron chi connectivity index (χ1n) is 4.68. The number of carbonyl (C=O) groups excluding carboxylic acids is 1. The highest BCUT2D eigenvalue weighted by Crippen LogP contribution is 2.13. The number of nitrogens with zero attached hydrogens (tertiary/aromatic N) is 4. The van der Waals surface area contributed by atoms with E-state index in [1.807, 2.05) is 19.1 Å². The Hall–Kier alpha value is -2.04. The van der Waals surface area contributed by atoms with Gasteiger partial charge in [-0.15, -0.1) is 15.0 Å². The summed E-state index contributed by atoms with van der Waals surface area (Å²) in [6.07, 6.45) is 1.80. The van der Waals surface area contributed by atoms with Crippen LogP contribution in [0.15, 0.2) is 30.6 Å². The average molecular weight is 202 g/mol. The van der Waals surface area contributed by atoms with Crippen molar-refractivity contribution < 1.29 is 4.79 Å². The summed E-state index contributed by atoms with van der Waals surface area (Å²) in [5.41, 5.74) is 1.29. The van der Waals surface area contributed by atoms with E-state index in [1.165, 1.54) is 11.1 Å². The third-order valence-electron chi connectivity index (χ3n) is 2.09. The van der Waals surface area contributed by atoms with Crippen molar-refractivity contribution in [3.05, 3.63) is 36.2 Å². The second-order valence-corrected chi connectivity index (χ2v) is 3.02. The molecule has 1 aromatic heterocycles. The van der Waals surface area contributed by atoms with Gasteiger partial charge in [-0.25, -0.2) is 0 Å². The molecule has 0 radical (unpaired) electrons. The highest BCUT2D eigenvalue weighted by molar-refractivity contribution is 5.99. The molecule has 0 spiro atoms. The number of rotatable bonds is 3. The maximum Gasteiger partial charge on any atom is 0.164 e. The van der Waals surface area contributed by atoms with E-state index in [0.29, 0.717) is 17.7 Å². The van der Waals surface area contributed by atoms with Crippen LogP contribution >= 0.6 is 0 Å². The Labute approximate surface area is 86.7 Å². The van der Waals surface area contributed by atoms with Gasteiger partial charge in [0.2, 0.25) is 0 Å². The summed E-state index contributed by atoms with van der Waals surface area (Å²) in [6.45, 7) is 1.83. The summed E-state index contributed by atoms with van der Waals surface area (Å²) in [6, 6.07) is 7.23. The van der Waals surface area contributed by atoms with Crippen molar-refractivity contribution in [3.63, 3.8) is 0 Å². The van der Waals surface area contributed by atoms with Crippen LogP contribution in [-0.4, -0.2) is 26.0 Å². The van der Waals surface area contributed by atoms with Crippen molar-refractivity contribution in [2.75, 3.05) is 0 Å². The van der Waals surface area contributed by atoms with E-state index in [0.717, 1.165) is 0 Å². The Morgan fingerprint density at radius 2 is 2.20 bits per heavy atom. The van der Waals surface area contributed by atoms with Gasteiger partial charge in [-0.3, -0.25) is 4.79 Å². The minimum absolute atomic E-state index is 0.0721. The number of aromatic nitrogens is 4. The predicted octanol–water partition coefficient (Wildman–Crippen LogP) is 1.25. The van der Waals surface area contributed by atoms with Crippen LogP contribution in [0.2, 0.25) is 0 Å². The molecule has 0 saturated heterocycles. The first-order chi connectivity index (χ1) is 7.33. The van der Waals surface area contributed by atoms with E-state index in [2.05, 4.69) is 15.4 Å². The Morgan fingerprint density at radius 3 is 2.87 bits per heavy atom.